The van der Waals surface area contributed by atoms with Crippen LogP contribution >= 0.6 is 0 Å². The van der Waals surface area contributed by atoms with Crippen molar-refractivity contribution in [3.05, 3.63) is 23.8 Å². The van der Waals surface area contributed by atoms with Crippen molar-refractivity contribution in [1.29, 1.82) is 0 Å². The van der Waals surface area contributed by atoms with Gasteiger partial charge in [-0.25, -0.2) is 0 Å². The van der Waals surface area contributed by atoms with Gasteiger partial charge in [-0.15, -0.1) is 0 Å². The smallest absolute Gasteiger partial charge is 0.264 e. The number of nitrogens with zero attached hydrogens (tertiary/aromatic N) is 2. The molecule has 0 bridgehead atoms. The van der Waals surface area contributed by atoms with Crippen LogP contribution < -0.4 is 9.47 Å². The minimum atomic E-state index is -0.744. The summed E-state index contributed by atoms with van der Waals surface area (Å²) in [4.78, 5) is 31.2. The van der Waals surface area contributed by atoms with Crippen LogP contribution in [-0.2, 0) is 9.53 Å². The second-order valence-corrected chi connectivity index (χ2v) is 8.37. The standard InChI is InChI=1S/C24H36N2O5/c1-5-15-25(16-6-2)22(27)18-17-31-24(13-8-7-9-14-24)26(18)23(28)21-19(29-3)11-10-12-20(21)30-4/h10-12,18H,5-9,13-17H2,1-4H3/t18-/m0/s1. The zero-order chi connectivity index (χ0) is 22.4. The summed E-state index contributed by atoms with van der Waals surface area (Å²) in [6, 6.07) is 4.64. The van der Waals surface area contributed by atoms with Crippen LogP contribution in [0.25, 0.3) is 0 Å². The monoisotopic (exact) mass is 432 g/mol. The third-order valence-corrected chi connectivity index (χ3v) is 6.34. The average molecular weight is 433 g/mol. The van der Waals surface area contributed by atoms with Gasteiger partial charge in [-0.2, -0.15) is 0 Å². The van der Waals surface area contributed by atoms with Gasteiger partial charge in [0.15, 0.2) is 0 Å². The van der Waals surface area contributed by atoms with Gasteiger partial charge < -0.3 is 19.1 Å². The van der Waals surface area contributed by atoms with Crippen molar-refractivity contribution in [2.45, 2.75) is 70.6 Å². The number of hydrogen-bond donors (Lipinski definition) is 0. The van der Waals surface area contributed by atoms with Crippen LogP contribution in [0.5, 0.6) is 11.5 Å². The molecule has 0 unspecified atom stereocenters. The summed E-state index contributed by atoms with van der Waals surface area (Å²) in [5.74, 6) is 0.577. The molecule has 31 heavy (non-hydrogen) atoms. The maximum atomic E-state index is 14.0. The largest absolute Gasteiger partial charge is 0.496 e. The van der Waals surface area contributed by atoms with Crippen LogP contribution in [-0.4, -0.2) is 67.3 Å². The van der Waals surface area contributed by atoms with Crippen molar-refractivity contribution in [2.24, 2.45) is 0 Å². The minimum absolute atomic E-state index is 0.0339. The molecule has 2 fully saturated rings. The minimum Gasteiger partial charge on any atom is -0.496 e. The molecule has 0 N–H and O–H groups in total. The Morgan fingerprint density at radius 3 is 2.16 bits per heavy atom. The number of benzene rings is 1. The van der Waals surface area contributed by atoms with E-state index in [-0.39, 0.29) is 18.4 Å². The fraction of sp³-hybridized carbons (Fsp3) is 0.667. The summed E-state index contributed by atoms with van der Waals surface area (Å²) in [7, 11) is 3.07. The van der Waals surface area contributed by atoms with Crippen LogP contribution in [0.4, 0.5) is 0 Å². The lowest BCUT2D eigenvalue weighted by Gasteiger charge is -2.42. The highest BCUT2D eigenvalue weighted by Crippen LogP contribution is 2.43. The van der Waals surface area contributed by atoms with Gasteiger partial charge in [0, 0.05) is 13.1 Å². The molecule has 2 aliphatic rings. The highest BCUT2D eigenvalue weighted by Gasteiger charge is 2.54. The molecule has 7 nitrogen and oxygen atoms in total. The van der Waals surface area contributed by atoms with Crippen molar-refractivity contribution in [1.82, 2.24) is 9.80 Å². The van der Waals surface area contributed by atoms with Crippen LogP contribution in [0.15, 0.2) is 18.2 Å². The molecule has 1 saturated carbocycles. The maximum Gasteiger partial charge on any atom is 0.264 e. The SMILES string of the molecule is CCCN(CCC)C(=O)[C@@H]1COC2(CCCCC2)N1C(=O)c1c(OC)cccc1OC. The third kappa shape index (κ3) is 4.52. The Balaban J connectivity index is 2.04. The first-order valence-electron chi connectivity index (χ1n) is 11.5. The molecule has 172 valence electrons. The van der Waals surface area contributed by atoms with E-state index < -0.39 is 11.8 Å². The van der Waals surface area contributed by atoms with E-state index in [2.05, 4.69) is 13.8 Å². The number of carbonyl (C=O) groups excluding carboxylic acids is 2. The van der Waals surface area contributed by atoms with E-state index in [1.54, 1.807) is 23.1 Å². The number of amides is 2. The fourth-order valence-corrected chi connectivity index (χ4v) is 4.93. The Kier molecular flexibility index (Phi) is 7.81. The topological polar surface area (TPSA) is 68.3 Å². The first kappa shape index (κ1) is 23.4. The Hall–Kier alpha value is -2.28. The zero-order valence-electron chi connectivity index (χ0n) is 19.3. The van der Waals surface area contributed by atoms with E-state index in [1.165, 1.54) is 14.2 Å². The van der Waals surface area contributed by atoms with E-state index in [0.29, 0.717) is 30.2 Å². The molecule has 1 aromatic rings. The summed E-state index contributed by atoms with van der Waals surface area (Å²) >= 11 is 0. The van der Waals surface area contributed by atoms with Crippen LogP contribution in [0.3, 0.4) is 0 Å². The lowest BCUT2D eigenvalue weighted by molar-refractivity contribution is -0.137. The summed E-state index contributed by atoms with van der Waals surface area (Å²) < 4.78 is 17.3. The van der Waals surface area contributed by atoms with Crippen molar-refractivity contribution in [2.75, 3.05) is 33.9 Å². The van der Waals surface area contributed by atoms with Crippen molar-refractivity contribution in [3.63, 3.8) is 0 Å². The fourth-order valence-electron chi connectivity index (χ4n) is 4.93. The van der Waals surface area contributed by atoms with Crippen LogP contribution in [0.2, 0.25) is 0 Å². The van der Waals surface area contributed by atoms with Crippen molar-refractivity contribution in [3.8, 4) is 11.5 Å². The second-order valence-electron chi connectivity index (χ2n) is 8.37. The van der Waals surface area contributed by atoms with Gasteiger partial charge in [-0.3, -0.25) is 14.5 Å². The van der Waals surface area contributed by atoms with E-state index in [1.807, 2.05) is 4.90 Å². The molecule has 1 spiro atoms. The molecule has 1 saturated heterocycles. The molecular weight excluding hydrogens is 396 g/mol. The van der Waals surface area contributed by atoms with Crippen LogP contribution in [0, 0.1) is 0 Å². The molecule has 1 aliphatic carbocycles. The molecule has 1 aliphatic heterocycles. The molecule has 0 aromatic heterocycles. The van der Waals surface area contributed by atoms with Gasteiger partial charge in [0.2, 0.25) is 5.91 Å². The number of hydrogen-bond acceptors (Lipinski definition) is 5. The van der Waals surface area contributed by atoms with Gasteiger partial charge in [0.1, 0.15) is 28.8 Å². The first-order valence-corrected chi connectivity index (χ1v) is 11.5. The quantitative estimate of drug-likeness (QED) is 0.624. The normalized spacial score (nSPS) is 20.0. The van der Waals surface area contributed by atoms with Crippen LogP contribution in [0.1, 0.15) is 69.2 Å². The molecule has 1 heterocycles. The molecule has 2 amide bonds. The van der Waals surface area contributed by atoms with E-state index in [9.17, 15) is 9.59 Å². The second kappa shape index (κ2) is 10.4. The lowest BCUT2D eigenvalue weighted by Crippen LogP contribution is -2.57. The van der Waals surface area contributed by atoms with E-state index in [4.69, 9.17) is 14.2 Å². The predicted molar refractivity (Wildman–Crippen MR) is 118 cm³/mol. The predicted octanol–water partition coefficient (Wildman–Crippen LogP) is 3.85. The van der Waals surface area contributed by atoms with Gasteiger partial charge in [0.25, 0.3) is 5.91 Å². The maximum absolute atomic E-state index is 14.0. The summed E-state index contributed by atoms with van der Waals surface area (Å²) in [6.07, 6.45) is 6.28. The third-order valence-electron chi connectivity index (χ3n) is 6.34. The Morgan fingerprint density at radius 2 is 1.65 bits per heavy atom. The highest BCUT2D eigenvalue weighted by atomic mass is 16.5. The Labute approximate surface area is 185 Å². The highest BCUT2D eigenvalue weighted by molar-refractivity contribution is 6.02. The molecule has 0 radical (unpaired) electrons. The number of rotatable bonds is 8. The summed E-state index contributed by atoms with van der Waals surface area (Å²) in [5, 5.41) is 0. The lowest BCUT2D eigenvalue weighted by atomic mass is 9.89. The average Bonchev–Trinajstić information content (AvgIpc) is 3.15. The zero-order valence-corrected chi connectivity index (χ0v) is 19.3. The Morgan fingerprint density at radius 1 is 1.06 bits per heavy atom. The number of methoxy groups -OCH3 is 2. The van der Waals surface area contributed by atoms with Gasteiger partial charge in [-0.05, 0) is 50.7 Å². The molecule has 3 rings (SSSR count). The van der Waals surface area contributed by atoms with E-state index in [0.717, 1.165) is 44.9 Å². The van der Waals surface area contributed by atoms with Crippen molar-refractivity contribution < 1.29 is 23.8 Å². The number of carbonyl (C=O) groups is 2. The molecular formula is C24H36N2O5. The van der Waals surface area contributed by atoms with Gasteiger partial charge in [-0.1, -0.05) is 26.3 Å². The first-order chi connectivity index (χ1) is 15.0. The number of ether oxygens (including phenoxy) is 3. The van der Waals surface area contributed by atoms with E-state index >= 15 is 0 Å². The van der Waals surface area contributed by atoms with Gasteiger partial charge in [0.05, 0.1) is 20.8 Å². The summed E-state index contributed by atoms with van der Waals surface area (Å²) in [6.45, 7) is 5.71. The Bertz CT molecular complexity index is 747. The van der Waals surface area contributed by atoms with Crippen molar-refractivity contribution >= 4 is 11.8 Å². The molecule has 7 heteroatoms. The van der Waals surface area contributed by atoms with Gasteiger partial charge >= 0.3 is 0 Å². The summed E-state index contributed by atoms with van der Waals surface area (Å²) in [5.41, 5.74) is -0.399. The molecule has 1 aromatic carbocycles. The molecule has 1 atom stereocenters.